The van der Waals surface area contributed by atoms with Gasteiger partial charge < -0.3 is 14.8 Å². The van der Waals surface area contributed by atoms with Crippen molar-refractivity contribution < 1.29 is 23.5 Å². The van der Waals surface area contributed by atoms with Crippen LogP contribution in [0.1, 0.15) is 29.4 Å². The molecule has 2 aromatic carbocycles. The van der Waals surface area contributed by atoms with Crippen LogP contribution in [0.25, 0.3) is 16.5 Å². The average Bonchev–Trinajstić information content (AvgIpc) is 3.27. The molecule has 0 saturated carbocycles. The molecule has 0 saturated heterocycles. The number of carbonyl (C=O) groups excluding carboxylic acids is 2. The number of esters is 1. The number of fused-ring (bicyclic) bond motifs is 1. The average molecular weight is 496 g/mol. The van der Waals surface area contributed by atoms with Gasteiger partial charge in [-0.2, -0.15) is 9.78 Å². The van der Waals surface area contributed by atoms with Gasteiger partial charge in [0.05, 0.1) is 24.8 Å². The van der Waals surface area contributed by atoms with E-state index < -0.39 is 17.3 Å². The van der Waals surface area contributed by atoms with E-state index in [2.05, 4.69) is 10.4 Å². The number of amides is 1. The first-order valence-corrected chi connectivity index (χ1v) is 11.7. The van der Waals surface area contributed by atoms with Gasteiger partial charge in [-0.25, -0.2) is 9.18 Å². The lowest BCUT2D eigenvalue weighted by molar-refractivity contribution is -0.116. The fourth-order valence-electron chi connectivity index (χ4n) is 3.51. The molecule has 4 aromatic rings. The van der Waals surface area contributed by atoms with E-state index in [4.69, 9.17) is 9.47 Å². The number of benzene rings is 2. The maximum Gasteiger partial charge on any atom is 0.359 e. The van der Waals surface area contributed by atoms with Crippen molar-refractivity contribution in [1.82, 2.24) is 9.78 Å². The predicted molar refractivity (Wildman–Crippen MR) is 131 cm³/mol. The minimum Gasteiger partial charge on any atom is -0.497 e. The first-order valence-electron chi connectivity index (χ1n) is 10.8. The van der Waals surface area contributed by atoms with E-state index in [1.807, 2.05) is 24.3 Å². The molecule has 0 fully saturated rings. The van der Waals surface area contributed by atoms with Crippen molar-refractivity contribution in [2.45, 2.75) is 19.8 Å². The van der Waals surface area contributed by atoms with E-state index in [9.17, 15) is 18.8 Å². The SMILES string of the molecule is CCOC(=O)c1nn(-c2cccc(F)c2)c(=O)c2c(NC(=O)CCc3ccc(OC)cc3)scc12. The standard InChI is InChI=1S/C25H22FN3O5S/c1-3-34-25(32)22-19-14-35-23(27-20(30)12-9-15-7-10-18(33-2)11-8-15)21(19)24(31)29(28-22)17-6-4-5-16(26)13-17/h4-8,10-11,13-14H,3,9,12H2,1-2H3,(H,27,30). The number of carbonyl (C=O) groups is 2. The first kappa shape index (κ1) is 24.1. The maximum atomic E-state index is 13.8. The zero-order valence-corrected chi connectivity index (χ0v) is 19.9. The van der Waals surface area contributed by atoms with Gasteiger partial charge in [0.1, 0.15) is 16.6 Å². The number of aromatic nitrogens is 2. The Kier molecular flexibility index (Phi) is 7.21. The summed E-state index contributed by atoms with van der Waals surface area (Å²) < 4.78 is 25.0. The molecule has 2 aromatic heterocycles. The van der Waals surface area contributed by atoms with Crippen molar-refractivity contribution in [3.05, 3.63) is 81.3 Å². The van der Waals surface area contributed by atoms with Gasteiger partial charge in [0.25, 0.3) is 5.56 Å². The summed E-state index contributed by atoms with van der Waals surface area (Å²) in [5.74, 6) is -0.858. The highest BCUT2D eigenvalue weighted by Crippen LogP contribution is 2.31. The van der Waals surface area contributed by atoms with Crippen molar-refractivity contribution in [2.75, 3.05) is 19.0 Å². The lowest BCUT2D eigenvalue weighted by Gasteiger charge is -2.10. The fourth-order valence-corrected chi connectivity index (χ4v) is 4.47. The van der Waals surface area contributed by atoms with Crippen LogP contribution in [-0.4, -0.2) is 35.4 Å². The number of nitrogens with one attached hydrogen (secondary N) is 1. The van der Waals surface area contributed by atoms with Crippen LogP contribution in [0.2, 0.25) is 0 Å². The van der Waals surface area contributed by atoms with Crippen LogP contribution >= 0.6 is 11.3 Å². The van der Waals surface area contributed by atoms with Gasteiger partial charge in [0, 0.05) is 17.2 Å². The van der Waals surface area contributed by atoms with Crippen LogP contribution in [-0.2, 0) is 16.0 Å². The molecule has 0 aliphatic heterocycles. The highest BCUT2D eigenvalue weighted by atomic mass is 32.1. The van der Waals surface area contributed by atoms with Crippen LogP contribution in [0, 0.1) is 5.82 Å². The zero-order valence-electron chi connectivity index (χ0n) is 19.0. The Morgan fingerprint density at radius 2 is 1.94 bits per heavy atom. The molecule has 8 nitrogen and oxygen atoms in total. The number of aryl methyl sites for hydroxylation is 1. The summed E-state index contributed by atoms with van der Waals surface area (Å²) in [4.78, 5) is 38.6. The molecule has 0 bridgehead atoms. The van der Waals surface area contributed by atoms with Gasteiger partial charge in [-0.3, -0.25) is 9.59 Å². The third kappa shape index (κ3) is 5.22. The number of hydrogen-bond donors (Lipinski definition) is 1. The summed E-state index contributed by atoms with van der Waals surface area (Å²) in [7, 11) is 1.58. The Bertz CT molecular complexity index is 1450. The number of thiophene rings is 1. The van der Waals surface area contributed by atoms with Gasteiger partial charge >= 0.3 is 5.97 Å². The van der Waals surface area contributed by atoms with E-state index in [-0.39, 0.29) is 46.1 Å². The van der Waals surface area contributed by atoms with Gasteiger partial charge in [0.15, 0.2) is 5.69 Å². The van der Waals surface area contributed by atoms with Gasteiger partial charge in [-0.05, 0) is 49.2 Å². The van der Waals surface area contributed by atoms with Crippen LogP contribution < -0.4 is 15.6 Å². The molecule has 0 atom stereocenters. The highest BCUT2D eigenvalue weighted by Gasteiger charge is 2.23. The van der Waals surface area contributed by atoms with E-state index in [1.165, 1.54) is 18.2 Å². The molecular weight excluding hydrogens is 473 g/mol. The van der Waals surface area contributed by atoms with Crippen molar-refractivity contribution in [2.24, 2.45) is 0 Å². The molecule has 4 rings (SSSR count). The van der Waals surface area contributed by atoms with Gasteiger partial charge in [-0.1, -0.05) is 18.2 Å². The van der Waals surface area contributed by atoms with Gasteiger partial charge in [0.2, 0.25) is 5.91 Å². The molecule has 2 heterocycles. The smallest absolute Gasteiger partial charge is 0.359 e. The number of halogens is 1. The van der Waals surface area contributed by atoms with Crippen molar-refractivity contribution in [3.63, 3.8) is 0 Å². The number of nitrogens with zero attached hydrogens (tertiary/aromatic N) is 2. The van der Waals surface area contributed by atoms with Crippen LogP contribution in [0.3, 0.4) is 0 Å². The number of methoxy groups -OCH3 is 1. The minimum atomic E-state index is -0.724. The van der Waals surface area contributed by atoms with E-state index >= 15 is 0 Å². The summed E-state index contributed by atoms with van der Waals surface area (Å²) in [5, 5.41) is 9.16. The molecule has 0 unspecified atom stereocenters. The predicted octanol–water partition coefficient (Wildman–Crippen LogP) is 4.34. The monoisotopic (exact) mass is 495 g/mol. The Labute approximate surface area is 203 Å². The normalized spacial score (nSPS) is 10.8. The van der Waals surface area contributed by atoms with Crippen LogP contribution in [0.15, 0.2) is 58.7 Å². The lowest BCUT2D eigenvalue weighted by Crippen LogP contribution is -2.25. The molecule has 35 heavy (non-hydrogen) atoms. The Morgan fingerprint density at radius 3 is 2.63 bits per heavy atom. The number of hydrogen-bond acceptors (Lipinski definition) is 7. The van der Waals surface area contributed by atoms with Crippen molar-refractivity contribution >= 4 is 39.0 Å². The Balaban J connectivity index is 1.68. The molecule has 1 N–H and O–H groups in total. The minimum absolute atomic E-state index is 0.0966. The highest BCUT2D eigenvalue weighted by molar-refractivity contribution is 7.16. The summed E-state index contributed by atoms with van der Waals surface area (Å²) in [6.07, 6.45) is 0.669. The quantitative estimate of drug-likeness (QED) is 0.365. The number of anilines is 1. The third-order valence-electron chi connectivity index (χ3n) is 5.23. The van der Waals surface area contributed by atoms with Crippen molar-refractivity contribution in [1.29, 1.82) is 0 Å². The summed E-state index contributed by atoms with van der Waals surface area (Å²) in [6.45, 7) is 1.76. The fraction of sp³-hybridized carbons (Fsp3) is 0.200. The topological polar surface area (TPSA) is 99.5 Å². The molecular formula is C25H22FN3O5S. The largest absolute Gasteiger partial charge is 0.497 e. The Morgan fingerprint density at radius 1 is 1.17 bits per heavy atom. The molecule has 10 heteroatoms. The molecule has 1 amide bonds. The second kappa shape index (κ2) is 10.5. The summed E-state index contributed by atoms with van der Waals surface area (Å²) in [5.41, 5.74) is 0.413. The number of ether oxygens (including phenoxy) is 2. The number of rotatable bonds is 8. The maximum absolute atomic E-state index is 13.8. The second-order valence-corrected chi connectivity index (χ2v) is 8.40. The van der Waals surface area contributed by atoms with E-state index in [0.717, 1.165) is 33.4 Å². The third-order valence-corrected chi connectivity index (χ3v) is 6.12. The van der Waals surface area contributed by atoms with Crippen LogP contribution in [0.4, 0.5) is 9.39 Å². The lowest BCUT2D eigenvalue weighted by atomic mass is 10.1. The van der Waals surface area contributed by atoms with Gasteiger partial charge in [-0.15, -0.1) is 11.3 Å². The van der Waals surface area contributed by atoms with E-state index in [0.29, 0.717) is 6.42 Å². The van der Waals surface area contributed by atoms with Crippen molar-refractivity contribution in [3.8, 4) is 11.4 Å². The summed E-state index contributed by atoms with van der Waals surface area (Å²) in [6, 6.07) is 12.7. The molecule has 0 radical (unpaired) electrons. The van der Waals surface area contributed by atoms with Crippen LogP contribution in [0.5, 0.6) is 5.75 Å². The summed E-state index contributed by atoms with van der Waals surface area (Å²) >= 11 is 1.10. The molecule has 0 aliphatic carbocycles. The second-order valence-electron chi connectivity index (χ2n) is 7.52. The zero-order chi connectivity index (χ0) is 24.9. The Hall–Kier alpha value is -4.05. The van der Waals surface area contributed by atoms with E-state index in [1.54, 1.807) is 19.4 Å². The first-order chi connectivity index (χ1) is 16.9. The molecule has 0 aliphatic rings. The molecule has 0 spiro atoms. The molecule has 180 valence electrons.